The van der Waals surface area contributed by atoms with Crippen LogP contribution in [0.15, 0.2) is 52.9 Å². The van der Waals surface area contributed by atoms with Crippen molar-refractivity contribution in [3.63, 3.8) is 0 Å². The van der Waals surface area contributed by atoms with Gasteiger partial charge < -0.3 is 14.1 Å². The van der Waals surface area contributed by atoms with E-state index in [1.807, 2.05) is 30.3 Å². The highest BCUT2D eigenvalue weighted by Gasteiger charge is 2.22. The maximum Gasteiger partial charge on any atom is 0.260 e. The van der Waals surface area contributed by atoms with E-state index in [-0.39, 0.29) is 12.5 Å². The molecule has 1 aliphatic heterocycles. The molecule has 0 radical (unpaired) electrons. The van der Waals surface area contributed by atoms with E-state index in [1.165, 1.54) is 0 Å². The van der Waals surface area contributed by atoms with Gasteiger partial charge >= 0.3 is 0 Å². The van der Waals surface area contributed by atoms with Gasteiger partial charge in [0, 0.05) is 49.7 Å². The van der Waals surface area contributed by atoms with Crippen molar-refractivity contribution in [1.29, 1.82) is 0 Å². The smallest absolute Gasteiger partial charge is 0.260 e. The number of aromatic nitrogens is 2. The molecule has 0 bridgehead atoms. The molecule has 7 nitrogen and oxygen atoms in total. The van der Waals surface area contributed by atoms with E-state index in [9.17, 15) is 4.79 Å². The Kier molecular flexibility index (Phi) is 7.06. The monoisotopic (exact) mass is 460 g/mol. The normalized spacial score (nSPS) is 14.6. The average Bonchev–Trinajstić information content (AvgIpc) is 3.27. The lowest BCUT2D eigenvalue weighted by Crippen LogP contribution is -2.50. The second kappa shape index (κ2) is 10.1. The molecule has 162 valence electrons. The van der Waals surface area contributed by atoms with Crippen molar-refractivity contribution in [2.24, 2.45) is 0 Å². The molecule has 0 atom stereocenters. The topological polar surface area (TPSA) is 71.7 Å². The predicted octanol–water partition coefficient (Wildman–Crippen LogP) is 3.81. The number of amides is 1. The number of nitrogens with zero attached hydrogens (tertiary/aromatic N) is 4. The number of ether oxygens (including phenoxy) is 1. The van der Waals surface area contributed by atoms with Crippen LogP contribution in [-0.4, -0.2) is 65.2 Å². The Hall–Kier alpha value is -2.61. The average molecular weight is 461 g/mol. The lowest BCUT2D eigenvalue weighted by atomic mass is 10.2. The SMILES string of the molecule is O=C(COc1ccc(Cl)cc1Cl)N1CCN(CCc2nnc(-c3ccccc3)o2)CC1. The Labute approximate surface area is 190 Å². The molecular weight excluding hydrogens is 439 g/mol. The van der Waals surface area contributed by atoms with Gasteiger partial charge in [0.25, 0.3) is 5.91 Å². The first-order chi connectivity index (χ1) is 15.1. The van der Waals surface area contributed by atoms with Gasteiger partial charge in [-0.2, -0.15) is 0 Å². The van der Waals surface area contributed by atoms with Crippen LogP contribution in [0, 0.1) is 0 Å². The summed E-state index contributed by atoms with van der Waals surface area (Å²) in [5, 5.41) is 9.18. The summed E-state index contributed by atoms with van der Waals surface area (Å²) < 4.78 is 11.3. The number of halogens is 2. The molecule has 0 aliphatic carbocycles. The van der Waals surface area contributed by atoms with Crippen molar-refractivity contribution >= 4 is 29.1 Å². The van der Waals surface area contributed by atoms with Gasteiger partial charge in [-0.15, -0.1) is 10.2 Å². The summed E-state index contributed by atoms with van der Waals surface area (Å²) in [7, 11) is 0. The molecule has 2 aromatic carbocycles. The fourth-order valence-electron chi connectivity index (χ4n) is 3.35. The highest BCUT2D eigenvalue weighted by atomic mass is 35.5. The summed E-state index contributed by atoms with van der Waals surface area (Å²) in [4.78, 5) is 16.5. The highest BCUT2D eigenvalue weighted by molar-refractivity contribution is 6.35. The van der Waals surface area contributed by atoms with Crippen molar-refractivity contribution in [2.75, 3.05) is 39.3 Å². The molecular formula is C22H22Cl2N4O3. The van der Waals surface area contributed by atoms with Crippen LogP contribution in [0.3, 0.4) is 0 Å². The minimum Gasteiger partial charge on any atom is -0.482 e. The first-order valence-electron chi connectivity index (χ1n) is 10.0. The molecule has 1 fully saturated rings. The van der Waals surface area contributed by atoms with Gasteiger partial charge in [0.1, 0.15) is 5.75 Å². The van der Waals surface area contributed by atoms with E-state index in [0.717, 1.165) is 25.2 Å². The molecule has 4 rings (SSSR count). The van der Waals surface area contributed by atoms with E-state index in [4.69, 9.17) is 32.4 Å². The highest BCUT2D eigenvalue weighted by Crippen LogP contribution is 2.27. The molecule has 9 heteroatoms. The number of hydrogen-bond donors (Lipinski definition) is 0. The molecule has 2 heterocycles. The fraction of sp³-hybridized carbons (Fsp3) is 0.318. The van der Waals surface area contributed by atoms with Crippen LogP contribution in [0.25, 0.3) is 11.5 Å². The number of carbonyl (C=O) groups excluding carboxylic acids is 1. The minimum absolute atomic E-state index is 0.0500. The zero-order valence-electron chi connectivity index (χ0n) is 16.8. The van der Waals surface area contributed by atoms with Gasteiger partial charge in [-0.05, 0) is 30.3 Å². The summed E-state index contributed by atoms with van der Waals surface area (Å²) in [6.07, 6.45) is 0.673. The Morgan fingerprint density at radius 2 is 1.81 bits per heavy atom. The molecule has 0 unspecified atom stereocenters. The van der Waals surface area contributed by atoms with Crippen molar-refractivity contribution in [3.8, 4) is 17.2 Å². The van der Waals surface area contributed by atoms with Gasteiger partial charge in [-0.1, -0.05) is 41.4 Å². The number of hydrogen-bond acceptors (Lipinski definition) is 6. The third kappa shape index (κ3) is 5.76. The van der Waals surface area contributed by atoms with Crippen molar-refractivity contribution < 1.29 is 13.9 Å². The predicted molar refractivity (Wildman–Crippen MR) is 118 cm³/mol. The Morgan fingerprint density at radius 3 is 2.55 bits per heavy atom. The number of piperazine rings is 1. The second-order valence-corrected chi connectivity index (χ2v) is 8.05. The van der Waals surface area contributed by atoms with Crippen LogP contribution in [0.1, 0.15) is 5.89 Å². The zero-order chi connectivity index (χ0) is 21.6. The fourth-order valence-corrected chi connectivity index (χ4v) is 3.81. The molecule has 0 spiro atoms. The second-order valence-electron chi connectivity index (χ2n) is 7.20. The molecule has 1 amide bonds. The van der Waals surface area contributed by atoms with E-state index in [2.05, 4.69) is 15.1 Å². The van der Waals surface area contributed by atoms with E-state index >= 15 is 0 Å². The lowest BCUT2D eigenvalue weighted by Gasteiger charge is -2.34. The van der Waals surface area contributed by atoms with E-state index < -0.39 is 0 Å². The standard InChI is InChI=1S/C22H22Cl2N4O3/c23-17-6-7-19(18(24)14-17)30-15-21(29)28-12-10-27(11-13-28)9-8-20-25-26-22(31-20)16-4-2-1-3-5-16/h1-7,14H,8-13,15H2. The van der Waals surface area contributed by atoms with Crippen LogP contribution < -0.4 is 4.74 Å². The van der Waals surface area contributed by atoms with Crippen LogP contribution in [-0.2, 0) is 11.2 Å². The van der Waals surface area contributed by atoms with Gasteiger partial charge in [-0.25, -0.2) is 0 Å². The largest absolute Gasteiger partial charge is 0.482 e. The molecule has 0 saturated carbocycles. The van der Waals surface area contributed by atoms with Crippen LogP contribution in [0.2, 0.25) is 10.0 Å². The van der Waals surface area contributed by atoms with Crippen molar-refractivity contribution in [1.82, 2.24) is 20.0 Å². The van der Waals surface area contributed by atoms with E-state index in [1.54, 1.807) is 23.1 Å². The summed E-state index contributed by atoms with van der Waals surface area (Å²) in [5.74, 6) is 1.54. The van der Waals surface area contributed by atoms with Crippen LogP contribution in [0.5, 0.6) is 5.75 Å². The van der Waals surface area contributed by atoms with E-state index in [0.29, 0.717) is 47.1 Å². The molecule has 0 N–H and O–H groups in total. The van der Waals surface area contributed by atoms with Gasteiger partial charge in [0.05, 0.1) is 5.02 Å². The van der Waals surface area contributed by atoms with Gasteiger partial charge in [0.2, 0.25) is 11.8 Å². The maximum absolute atomic E-state index is 12.5. The van der Waals surface area contributed by atoms with Crippen LogP contribution >= 0.6 is 23.2 Å². The zero-order valence-corrected chi connectivity index (χ0v) is 18.3. The van der Waals surface area contributed by atoms with Crippen molar-refractivity contribution in [2.45, 2.75) is 6.42 Å². The summed E-state index contributed by atoms with van der Waals surface area (Å²) >= 11 is 12.0. The molecule has 1 aliphatic rings. The van der Waals surface area contributed by atoms with Crippen LogP contribution in [0.4, 0.5) is 0 Å². The quantitative estimate of drug-likeness (QED) is 0.533. The Morgan fingerprint density at radius 1 is 1.03 bits per heavy atom. The Bertz CT molecular complexity index is 1020. The Balaban J connectivity index is 1.20. The third-order valence-electron chi connectivity index (χ3n) is 5.10. The van der Waals surface area contributed by atoms with Gasteiger partial charge in [-0.3, -0.25) is 9.69 Å². The lowest BCUT2D eigenvalue weighted by molar-refractivity contribution is -0.135. The number of rotatable bonds is 7. The number of benzene rings is 2. The van der Waals surface area contributed by atoms with Crippen molar-refractivity contribution in [3.05, 3.63) is 64.5 Å². The summed E-state index contributed by atoms with van der Waals surface area (Å²) in [6, 6.07) is 14.6. The first kappa shape index (κ1) is 21.6. The number of carbonyl (C=O) groups is 1. The summed E-state index contributed by atoms with van der Waals surface area (Å²) in [6.45, 7) is 3.62. The maximum atomic E-state index is 12.5. The molecule has 1 saturated heterocycles. The molecule has 3 aromatic rings. The molecule has 1 aromatic heterocycles. The summed E-state index contributed by atoms with van der Waals surface area (Å²) in [5.41, 5.74) is 0.912. The third-order valence-corrected chi connectivity index (χ3v) is 5.63. The minimum atomic E-state index is -0.0601. The first-order valence-corrected chi connectivity index (χ1v) is 10.8. The van der Waals surface area contributed by atoms with Gasteiger partial charge in [0.15, 0.2) is 6.61 Å². The molecule has 31 heavy (non-hydrogen) atoms.